The second kappa shape index (κ2) is 2.23. The van der Waals surface area contributed by atoms with Crippen LogP contribution < -0.4 is 0 Å². The van der Waals surface area contributed by atoms with Crippen molar-refractivity contribution >= 4 is 6.40 Å². The standard InChI is InChI=1S/C7H11NO2/c1-3-9-4-2-7(1)5-8-6-10-7/h6H,1-5H2. The largest absolute Gasteiger partial charge is 0.475 e. The zero-order valence-corrected chi connectivity index (χ0v) is 5.88. The Labute approximate surface area is 60.0 Å². The van der Waals surface area contributed by atoms with Gasteiger partial charge in [0.05, 0.1) is 19.8 Å². The maximum absolute atomic E-state index is 5.41. The molecule has 56 valence electrons. The Morgan fingerprint density at radius 2 is 2.10 bits per heavy atom. The summed E-state index contributed by atoms with van der Waals surface area (Å²) in [5.41, 5.74) is 0.0260. The van der Waals surface area contributed by atoms with E-state index in [9.17, 15) is 0 Å². The first-order valence-electron chi connectivity index (χ1n) is 3.65. The van der Waals surface area contributed by atoms with Crippen molar-refractivity contribution in [1.82, 2.24) is 0 Å². The molecule has 0 aromatic rings. The molecule has 0 radical (unpaired) electrons. The van der Waals surface area contributed by atoms with Gasteiger partial charge in [0, 0.05) is 12.8 Å². The quantitative estimate of drug-likeness (QED) is 0.494. The third-order valence-electron chi connectivity index (χ3n) is 2.16. The second-order valence-corrected chi connectivity index (χ2v) is 2.86. The van der Waals surface area contributed by atoms with Gasteiger partial charge in [-0.05, 0) is 0 Å². The fraction of sp³-hybridized carbons (Fsp3) is 0.857. The molecule has 0 N–H and O–H groups in total. The third-order valence-corrected chi connectivity index (χ3v) is 2.16. The highest BCUT2D eigenvalue weighted by molar-refractivity contribution is 5.50. The first-order valence-corrected chi connectivity index (χ1v) is 3.65. The monoisotopic (exact) mass is 141 g/mol. The van der Waals surface area contributed by atoms with Crippen molar-refractivity contribution in [3.63, 3.8) is 0 Å². The summed E-state index contributed by atoms with van der Waals surface area (Å²) in [5.74, 6) is 0. The predicted molar refractivity (Wildman–Crippen MR) is 37.2 cm³/mol. The molecule has 0 amide bonds. The lowest BCUT2D eigenvalue weighted by Crippen LogP contribution is -2.38. The van der Waals surface area contributed by atoms with Gasteiger partial charge >= 0.3 is 0 Å². The zero-order valence-electron chi connectivity index (χ0n) is 5.88. The number of nitrogens with zero attached hydrogens (tertiary/aromatic N) is 1. The first-order chi connectivity index (χ1) is 4.91. The lowest BCUT2D eigenvalue weighted by atomic mass is 9.95. The summed E-state index contributed by atoms with van der Waals surface area (Å²) < 4.78 is 10.6. The molecular formula is C7H11NO2. The minimum atomic E-state index is 0.0260. The maximum Gasteiger partial charge on any atom is 0.170 e. The molecule has 0 unspecified atom stereocenters. The van der Waals surface area contributed by atoms with Gasteiger partial charge in [0.25, 0.3) is 0 Å². The molecule has 0 saturated carbocycles. The topological polar surface area (TPSA) is 30.8 Å². The molecule has 2 aliphatic heterocycles. The minimum Gasteiger partial charge on any atom is -0.475 e. The summed E-state index contributed by atoms with van der Waals surface area (Å²) in [4.78, 5) is 4.06. The molecule has 1 saturated heterocycles. The van der Waals surface area contributed by atoms with Gasteiger partial charge in [0.1, 0.15) is 5.60 Å². The highest BCUT2D eigenvalue weighted by Gasteiger charge is 2.36. The highest BCUT2D eigenvalue weighted by atomic mass is 16.5. The number of rotatable bonds is 0. The van der Waals surface area contributed by atoms with Gasteiger partial charge in [0.15, 0.2) is 6.40 Å². The summed E-state index contributed by atoms with van der Waals surface area (Å²) in [7, 11) is 0. The first kappa shape index (κ1) is 6.16. The molecule has 2 aliphatic rings. The average Bonchev–Trinajstić information content (AvgIpc) is 2.39. The van der Waals surface area contributed by atoms with Crippen LogP contribution in [0.15, 0.2) is 4.99 Å². The maximum atomic E-state index is 5.41. The van der Waals surface area contributed by atoms with Crippen molar-refractivity contribution in [3.8, 4) is 0 Å². The molecule has 0 aromatic heterocycles. The molecular weight excluding hydrogens is 130 g/mol. The summed E-state index contributed by atoms with van der Waals surface area (Å²) in [6.45, 7) is 2.48. The Morgan fingerprint density at radius 1 is 1.30 bits per heavy atom. The Balaban J connectivity index is 2.00. The van der Waals surface area contributed by atoms with Crippen LogP contribution in [0.5, 0.6) is 0 Å². The predicted octanol–water partition coefficient (Wildman–Crippen LogP) is 0.594. The van der Waals surface area contributed by atoms with Crippen molar-refractivity contribution in [2.75, 3.05) is 19.8 Å². The van der Waals surface area contributed by atoms with E-state index in [0.717, 1.165) is 32.6 Å². The van der Waals surface area contributed by atoms with E-state index in [4.69, 9.17) is 9.47 Å². The molecule has 0 aliphatic carbocycles. The van der Waals surface area contributed by atoms with E-state index in [1.807, 2.05) is 0 Å². The van der Waals surface area contributed by atoms with Gasteiger partial charge in [-0.1, -0.05) is 0 Å². The fourth-order valence-corrected chi connectivity index (χ4v) is 1.41. The van der Waals surface area contributed by atoms with Crippen molar-refractivity contribution in [1.29, 1.82) is 0 Å². The third kappa shape index (κ3) is 0.904. The van der Waals surface area contributed by atoms with E-state index in [1.54, 1.807) is 6.40 Å². The average molecular weight is 141 g/mol. The molecule has 0 aromatic carbocycles. The van der Waals surface area contributed by atoms with E-state index >= 15 is 0 Å². The van der Waals surface area contributed by atoms with Gasteiger partial charge in [-0.3, -0.25) is 4.99 Å². The molecule has 3 nitrogen and oxygen atoms in total. The van der Waals surface area contributed by atoms with Crippen LogP contribution in [0.3, 0.4) is 0 Å². The van der Waals surface area contributed by atoms with Crippen molar-refractivity contribution in [2.24, 2.45) is 4.99 Å². The Morgan fingerprint density at radius 3 is 2.70 bits per heavy atom. The number of ether oxygens (including phenoxy) is 2. The van der Waals surface area contributed by atoms with Crippen LogP contribution in [-0.2, 0) is 9.47 Å². The van der Waals surface area contributed by atoms with Crippen molar-refractivity contribution in [2.45, 2.75) is 18.4 Å². The van der Waals surface area contributed by atoms with E-state index in [2.05, 4.69) is 4.99 Å². The van der Waals surface area contributed by atoms with E-state index in [1.165, 1.54) is 0 Å². The lowest BCUT2D eigenvalue weighted by molar-refractivity contribution is -0.0332. The minimum absolute atomic E-state index is 0.0260. The molecule has 0 bridgehead atoms. The van der Waals surface area contributed by atoms with Gasteiger partial charge in [-0.15, -0.1) is 0 Å². The summed E-state index contributed by atoms with van der Waals surface area (Å²) >= 11 is 0. The van der Waals surface area contributed by atoms with Crippen LogP contribution in [0.1, 0.15) is 12.8 Å². The fourth-order valence-electron chi connectivity index (χ4n) is 1.41. The molecule has 0 atom stereocenters. The normalized spacial score (nSPS) is 28.8. The van der Waals surface area contributed by atoms with Crippen molar-refractivity contribution in [3.05, 3.63) is 0 Å². The smallest absolute Gasteiger partial charge is 0.170 e. The van der Waals surface area contributed by atoms with Crippen LogP contribution in [0.25, 0.3) is 0 Å². The number of hydrogen-bond acceptors (Lipinski definition) is 3. The van der Waals surface area contributed by atoms with Crippen LogP contribution in [0, 0.1) is 0 Å². The van der Waals surface area contributed by atoms with Gasteiger partial charge < -0.3 is 9.47 Å². The summed E-state index contributed by atoms with van der Waals surface area (Å²) in [6, 6.07) is 0. The van der Waals surface area contributed by atoms with Crippen LogP contribution in [0.4, 0.5) is 0 Å². The lowest BCUT2D eigenvalue weighted by Gasteiger charge is -2.30. The van der Waals surface area contributed by atoms with Crippen molar-refractivity contribution < 1.29 is 9.47 Å². The summed E-state index contributed by atoms with van der Waals surface area (Å²) in [5, 5.41) is 0. The van der Waals surface area contributed by atoms with E-state index in [-0.39, 0.29) is 5.60 Å². The highest BCUT2D eigenvalue weighted by Crippen LogP contribution is 2.27. The molecule has 1 fully saturated rings. The van der Waals surface area contributed by atoms with E-state index in [0.29, 0.717) is 0 Å². The van der Waals surface area contributed by atoms with Crippen LogP contribution >= 0.6 is 0 Å². The molecule has 3 heteroatoms. The Bertz CT molecular complexity index is 140. The van der Waals surface area contributed by atoms with Crippen LogP contribution in [-0.4, -0.2) is 31.8 Å². The zero-order chi connectivity index (χ0) is 6.86. The number of hydrogen-bond donors (Lipinski definition) is 0. The van der Waals surface area contributed by atoms with Gasteiger partial charge in [-0.25, -0.2) is 0 Å². The molecule has 10 heavy (non-hydrogen) atoms. The Hall–Kier alpha value is -0.570. The van der Waals surface area contributed by atoms with Gasteiger partial charge in [-0.2, -0.15) is 0 Å². The molecule has 1 spiro atoms. The second-order valence-electron chi connectivity index (χ2n) is 2.86. The van der Waals surface area contributed by atoms with E-state index < -0.39 is 0 Å². The summed E-state index contributed by atoms with van der Waals surface area (Å²) in [6.07, 6.45) is 3.56. The number of aliphatic imine (C=N–C) groups is 1. The molecule has 2 rings (SSSR count). The van der Waals surface area contributed by atoms with Gasteiger partial charge in [0.2, 0.25) is 0 Å². The SMILES string of the molecule is C1=NCC2(CCOCC2)O1. The molecule has 2 heterocycles. The Kier molecular flexibility index (Phi) is 1.38. The van der Waals surface area contributed by atoms with Crippen LogP contribution in [0.2, 0.25) is 0 Å².